The molecule has 0 aliphatic heterocycles. The van der Waals surface area contributed by atoms with Gasteiger partial charge in [0.15, 0.2) is 6.61 Å². The van der Waals surface area contributed by atoms with Gasteiger partial charge in [-0.2, -0.15) is 5.26 Å². The Morgan fingerprint density at radius 1 is 1.33 bits per heavy atom. The first-order valence-electron chi connectivity index (χ1n) is 6.89. The Hall–Kier alpha value is -2.54. The predicted octanol–water partition coefficient (Wildman–Crippen LogP) is 3.26. The Labute approximate surface area is 124 Å². The summed E-state index contributed by atoms with van der Waals surface area (Å²) in [4.78, 5) is 12.3. The lowest BCUT2D eigenvalue weighted by atomic mass is 10.1. The van der Waals surface area contributed by atoms with E-state index in [4.69, 9.17) is 10.00 Å². The second kappa shape index (κ2) is 6.27. The van der Waals surface area contributed by atoms with E-state index in [-0.39, 0.29) is 12.4 Å². The summed E-state index contributed by atoms with van der Waals surface area (Å²) in [7, 11) is 0. The number of nitrogens with zero attached hydrogens (tertiary/aromatic N) is 2. The van der Waals surface area contributed by atoms with E-state index in [2.05, 4.69) is 11.5 Å². The van der Waals surface area contributed by atoms with Crippen LogP contribution in [0.4, 0.5) is 0 Å². The molecule has 2 aromatic rings. The highest BCUT2D eigenvalue weighted by Crippen LogP contribution is 2.17. The number of benzene rings is 1. The van der Waals surface area contributed by atoms with Crippen molar-refractivity contribution in [1.29, 1.82) is 5.26 Å². The number of carbonyl (C=O) groups is 1. The molecule has 2 rings (SSSR count). The molecule has 108 valence electrons. The summed E-state index contributed by atoms with van der Waals surface area (Å²) < 4.78 is 7.59. The van der Waals surface area contributed by atoms with Crippen molar-refractivity contribution in [2.45, 2.75) is 27.3 Å². The van der Waals surface area contributed by atoms with Crippen molar-refractivity contribution < 1.29 is 9.53 Å². The van der Waals surface area contributed by atoms with Crippen molar-refractivity contribution >= 4 is 5.78 Å². The lowest BCUT2D eigenvalue weighted by molar-refractivity contribution is 0.0921. The lowest BCUT2D eigenvalue weighted by Gasteiger charge is -2.07. The Morgan fingerprint density at radius 3 is 2.71 bits per heavy atom. The van der Waals surface area contributed by atoms with Crippen LogP contribution in [-0.2, 0) is 6.54 Å². The van der Waals surface area contributed by atoms with Gasteiger partial charge in [0.25, 0.3) is 0 Å². The van der Waals surface area contributed by atoms with E-state index in [1.54, 1.807) is 24.3 Å². The molecular formula is C17H18N2O2. The van der Waals surface area contributed by atoms with Crippen LogP contribution in [0.15, 0.2) is 30.3 Å². The number of carbonyl (C=O) groups excluding carboxylic acids is 1. The van der Waals surface area contributed by atoms with Crippen LogP contribution in [0, 0.1) is 25.2 Å². The summed E-state index contributed by atoms with van der Waals surface area (Å²) in [5.74, 6) is 0.483. The maximum atomic E-state index is 12.3. The fourth-order valence-corrected chi connectivity index (χ4v) is 2.45. The zero-order chi connectivity index (χ0) is 15.4. The SMILES string of the molecule is CCn1c(C)cc(C(=O)COc2cccc(C#N)c2)c1C. The van der Waals surface area contributed by atoms with Crippen LogP contribution >= 0.6 is 0 Å². The standard InChI is InChI=1S/C17H18N2O2/c1-4-19-12(2)8-16(13(19)3)17(20)11-21-15-7-5-6-14(9-15)10-18/h5-9H,4,11H2,1-3H3. The van der Waals surface area contributed by atoms with Crippen LogP contribution in [0.1, 0.15) is 34.2 Å². The van der Waals surface area contributed by atoms with Crippen LogP contribution in [-0.4, -0.2) is 17.0 Å². The van der Waals surface area contributed by atoms with Gasteiger partial charge in [0.05, 0.1) is 11.6 Å². The second-order valence-corrected chi connectivity index (χ2v) is 4.88. The van der Waals surface area contributed by atoms with Crippen LogP contribution < -0.4 is 4.74 Å². The Kier molecular flexibility index (Phi) is 4.44. The highest BCUT2D eigenvalue weighted by atomic mass is 16.5. The van der Waals surface area contributed by atoms with Gasteiger partial charge in [-0.05, 0) is 45.0 Å². The second-order valence-electron chi connectivity index (χ2n) is 4.88. The number of hydrogen-bond acceptors (Lipinski definition) is 3. The van der Waals surface area contributed by atoms with Gasteiger partial charge in [-0.25, -0.2) is 0 Å². The minimum Gasteiger partial charge on any atom is -0.485 e. The number of hydrogen-bond donors (Lipinski definition) is 0. The first kappa shape index (κ1) is 14.9. The Morgan fingerprint density at radius 2 is 2.10 bits per heavy atom. The molecule has 0 N–H and O–H groups in total. The number of ketones is 1. The third-order valence-corrected chi connectivity index (χ3v) is 3.52. The van der Waals surface area contributed by atoms with Gasteiger partial charge in [-0.15, -0.1) is 0 Å². The molecule has 0 unspecified atom stereocenters. The molecule has 4 nitrogen and oxygen atoms in total. The van der Waals surface area contributed by atoms with E-state index in [1.807, 2.05) is 26.0 Å². The van der Waals surface area contributed by atoms with Crippen LogP contribution in [0.25, 0.3) is 0 Å². The molecule has 4 heteroatoms. The van der Waals surface area contributed by atoms with Gasteiger partial charge in [0.1, 0.15) is 5.75 Å². The molecule has 0 spiro atoms. The zero-order valence-electron chi connectivity index (χ0n) is 12.5. The molecule has 1 aromatic heterocycles. The van der Waals surface area contributed by atoms with Crippen LogP contribution in [0.2, 0.25) is 0 Å². The van der Waals surface area contributed by atoms with E-state index in [9.17, 15) is 4.79 Å². The third kappa shape index (κ3) is 3.14. The summed E-state index contributed by atoms with van der Waals surface area (Å²) in [5, 5.41) is 8.84. The molecule has 1 aromatic carbocycles. The first-order valence-corrected chi connectivity index (χ1v) is 6.89. The number of ether oxygens (including phenoxy) is 1. The monoisotopic (exact) mass is 282 g/mol. The van der Waals surface area contributed by atoms with Crippen molar-refractivity contribution in [1.82, 2.24) is 4.57 Å². The molecule has 1 heterocycles. The number of Topliss-reactive ketones (excluding diaryl/α,β-unsaturated/α-hetero) is 1. The molecule has 21 heavy (non-hydrogen) atoms. The summed E-state index contributed by atoms with van der Waals surface area (Å²) in [6, 6.07) is 10.7. The average Bonchev–Trinajstić information content (AvgIpc) is 2.79. The molecule has 0 atom stereocenters. The summed E-state index contributed by atoms with van der Waals surface area (Å²) in [6.07, 6.45) is 0. The van der Waals surface area contributed by atoms with Gasteiger partial charge in [0, 0.05) is 23.5 Å². The third-order valence-electron chi connectivity index (χ3n) is 3.52. The van der Waals surface area contributed by atoms with Gasteiger partial charge in [-0.1, -0.05) is 6.07 Å². The number of aromatic nitrogens is 1. The minimum atomic E-state index is -0.0508. The lowest BCUT2D eigenvalue weighted by Crippen LogP contribution is -2.12. The molecular weight excluding hydrogens is 264 g/mol. The maximum absolute atomic E-state index is 12.3. The highest BCUT2D eigenvalue weighted by Gasteiger charge is 2.15. The van der Waals surface area contributed by atoms with Crippen molar-refractivity contribution in [2.75, 3.05) is 6.61 Å². The fourth-order valence-electron chi connectivity index (χ4n) is 2.45. The molecule has 0 bridgehead atoms. The zero-order valence-corrected chi connectivity index (χ0v) is 12.5. The largest absolute Gasteiger partial charge is 0.485 e. The van der Waals surface area contributed by atoms with E-state index in [0.29, 0.717) is 16.9 Å². The molecule has 0 saturated heterocycles. The van der Waals surface area contributed by atoms with Crippen LogP contribution in [0.5, 0.6) is 5.75 Å². The predicted molar refractivity (Wildman–Crippen MR) is 80.6 cm³/mol. The van der Waals surface area contributed by atoms with E-state index >= 15 is 0 Å². The van der Waals surface area contributed by atoms with Crippen molar-refractivity contribution in [3.63, 3.8) is 0 Å². The molecule has 0 aliphatic carbocycles. The highest BCUT2D eigenvalue weighted by molar-refractivity contribution is 5.98. The fraction of sp³-hybridized carbons (Fsp3) is 0.294. The van der Waals surface area contributed by atoms with Gasteiger partial charge < -0.3 is 9.30 Å². The number of aryl methyl sites for hydroxylation is 1. The van der Waals surface area contributed by atoms with Gasteiger partial charge in [0.2, 0.25) is 5.78 Å². The van der Waals surface area contributed by atoms with Crippen molar-refractivity contribution in [3.8, 4) is 11.8 Å². The minimum absolute atomic E-state index is 0.0249. The maximum Gasteiger partial charge on any atom is 0.202 e. The topological polar surface area (TPSA) is 55.0 Å². The molecule has 0 amide bonds. The molecule has 0 radical (unpaired) electrons. The molecule has 0 aliphatic rings. The molecule has 0 saturated carbocycles. The Bertz CT molecular complexity index is 708. The summed E-state index contributed by atoms with van der Waals surface area (Å²) in [5.41, 5.74) is 3.26. The molecule has 0 fully saturated rings. The van der Waals surface area contributed by atoms with Gasteiger partial charge >= 0.3 is 0 Å². The number of rotatable bonds is 5. The van der Waals surface area contributed by atoms with E-state index in [1.165, 1.54) is 0 Å². The van der Waals surface area contributed by atoms with Gasteiger partial charge in [-0.3, -0.25) is 4.79 Å². The summed E-state index contributed by atoms with van der Waals surface area (Å²) in [6.45, 7) is 6.81. The quantitative estimate of drug-likeness (QED) is 0.791. The smallest absolute Gasteiger partial charge is 0.202 e. The van der Waals surface area contributed by atoms with Crippen molar-refractivity contribution in [2.24, 2.45) is 0 Å². The summed E-state index contributed by atoms with van der Waals surface area (Å²) >= 11 is 0. The van der Waals surface area contributed by atoms with Crippen LogP contribution in [0.3, 0.4) is 0 Å². The van der Waals surface area contributed by atoms with Crippen molar-refractivity contribution in [3.05, 3.63) is 52.8 Å². The average molecular weight is 282 g/mol. The number of nitriles is 1. The Balaban J connectivity index is 2.10. The van der Waals surface area contributed by atoms with E-state index in [0.717, 1.165) is 17.9 Å². The first-order chi connectivity index (χ1) is 10.1. The van der Waals surface area contributed by atoms with E-state index < -0.39 is 0 Å². The normalized spacial score (nSPS) is 10.2.